The molecule has 1 aromatic heterocycles. The summed E-state index contributed by atoms with van der Waals surface area (Å²) in [6.45, 7) is 1.69. The topological polar surface area (TPSA) is 70.1 Å². The molecule has 1 heterocycles. The van der Waals surface area contributed by atoms with Gasteiger partial charge in [0.05, 0.1) is 19.0 Å². The molecule has 0 spiro atoms. The van der Waals surface area contributed by atoms with Crippen LogP contribution in [0, 0.1) is 6.92 Å². The van der Waals surface area contributed by atoms with Crippen LogP contribution in [0.1, 0.15) is 16.1 Å². The van der Waals surface area contributed by atoms with E-state index < -0.39 is 5.97 Å². The van der Waals surface area contributed by atoms with Crippen molar-refractivity contribution in [3.05, 3.63) is 17.5 Å². The predicted molar refractivity (Wildman–Crippen MR) is 38.5 cm³/mol. The fourth-order valence-corrected chi connectivity index (χ4v) is 0.734. The molecule has 0 atom stereocenters. The number of hydrogen-bond donors (Lipinski definition) is 1. The van der Waals surface area contributed by atoms with Crippen LogP contribution in [0.5, 0.6) is 0 Å². The standard InChI is InChI=1S/C6H9N3O2/c1-4-5(6(10)11-2)3-8-9(4)7/h3H,7H2,1-2H3. The molecule has 0 aliphatic heterocycles. The van der Waals surface area contributed by atoms with Crippen molar-refractivity contribution in [1.29, 1.82) is 0 Å². The maximum Gasteiger partial charge on any atom is 0.341 e. The first-order valence-electron chi connectivity index (χ1n) is 3.05. The van der Waals surface area contributed by atoms with Crippen LogP contribution < -0.4 is 5.84 Å². The number of nitrogens with zero attached hydrogens (tertiary/aromatic N) is 2. The number of hydrogen-bond acceptors (Lipinski definition) is 4. The second-order valence-electron chi connectivity index (χ2n) is 2.08. The largest absolute Gasteiger partial charge is 0.465 e. The monoisotopic (exact) mass is 155 g/mol. The number of carbonyl (C=O) groups excluding carboxylic acids is 1. The van der Waals surface area contributed by atoms with Gasteiger partial charge >= 0.3 is 5.97 Å². The van der Waals surface area contributed by atoms with Crippen LogP contribution in [-0.4, -0.2) is 23.0 Å². The second-order valence-corrected chi connectivity index (χ2v) is 2.08. The van der Waals surface area contributed by atoms with Crippen LogP contribution in [-0.2, 0) is 4.74 Å². The SMILES string of the molecule is COC(=O)c1cnn(N)c1C. The van der Waals surface area contributed by atoms with Crippen LogP contribution in [0.4, 0.5) is 0 Å². The average Bonchev–Trinajstić information content (AvgIpc) is 2.32. The summed E-state index contributed by atoms with van der Waals surface area (Å²) in [6.07, 6.45) is 1.38. The zero-order valence-electron chi connectivity index (χ0n) is 6.37. The molecule has 0 unspecified atom stereocenters. The highest BCUT2D eigenvalue weighted by Gasteiger charge is 2.12. The van der Waals surface area contributed by atoms with Crippen molar-refractivity contribution in [2.24, 2.45) is 0 Å². The molecule has 11 heavy (non-hydrogen) atoms. The molecule has 0 fully saturated rings. The second kappa shape index (κ2) is 2.61. The minimum absolute atomic E-state index is 0.398. The number of ether oxygens (including phenoxy) is 1. The van der Waals surface area contributed by atoms with Crippen molar-refractivity contribution in [2.75, 3.05) is 13.0 Å². The van der Waals surface area contributed by atoms with E-state index in [0.29, 0.717) is 11.3 Å². The molecule has 0 amide bonds. The van der Waals surface area contributed by atoms with E-state index in [1.807, 2.05) is 0 Å². The van der Waals surface area contributed by atoms with Gasteiger partial charge in [-0.05, 0) is 6.92 Å². The van der Waals surface area contributed by atoms with Crippen LogP contribution in [0.2, 0.25) is 0 Å². The maximum atomic E-state index is 10.9. The summed E-state index contributed by atoms with van der Waals surface area (Å²) >= 11 is 0. The smallest absolute Gasteiger partial charge is 0.341 e. The molecule has 5 nitrogen and oxygen atoms in total. The molecule has 0 bridgehead atoms. The maximum absolute atomic E-state index is 10.9. The molecule has 2 N–H and O–H groups in total. The molecule has 60 valence electrons. The lowest BCUT2D eigenvalue weighted by Crippen LogP contribution is -2.13. The van der Waals surface area contributed by atoms with E-state index in [1.165, 1.54) is 13.3 Å². The minimum Gasteiger partial charge on any atom is -0.465 e. The Balaban J connectivity index is 3.04. The van der Waals surface area contributed by atoms with Gasteiger partial charge in [-0.25, -0.2) is 4.79 Å². The Morgan fingerprint density at radius 1 is 1.82 bits per heavy atom. The first-order chi connectivity index (χ1) is 5.16. The minimum atomic E-state index is -0.417. The van der Waals surface area contributed by atoms with Gasteiger partial charge in [-0.15, -0.1) is 0 Å². The van der Waals surface area contributed by atoms with Gasteiger partial charge in [0, 0.05) is 0 Å². The number of methoxy groups -OCH3 is 1. The first-order valence-corrected chi connectivity index (χ1v) is 3.05. The molecular weight excluding hydrogens is 146 g/mol. The van der Waals surface area contributed by atoms with E-state index in [4.69, 9.17) is 5.84 Å². The summed E-state index contributed by atoms with van der Waals surface area (Å²) in [5.74, 6) is 4.91. The Morgan fingerprint density at radius 3 is 2.82 bits per heavy atom. The Morgan fingerprint density at radius 2 is 2.45 bits per heavy atom. The van der Waals surface area contributed by atoms with Crippen LogP contribution in [0.25, 0.3) is 0 Å². The summed E-state index contributed by atoms with van der Waals surface area (Å²) in [4.78, 5) is 12.0. The lowest BCUT2D eigenvalue weighted by Gasteiger charge is -1.96. The van der Waals surface area contributed by atoms with Gasteiger partial charge in [0.1, 0.15) is 5.56 Å². The molecule has 1 rings (SSSR count). The number of carbonyl (C=O) groups is 1. The van der Waals surface area contributed by atoms with E-state index in [9.17, 15) is 4.79 Å². The third-order valence-corrected chi connectivity index (χ3v) is 1.45. The number of aromatic nitrogens is 2. The molecule has 0 aliphatic carbocycles. The van der Waals surface area contributed by atoms with Crippen molar-refractivity contribution >= 4 is 5.97 Å². The van der Waals surface area contributed by atoms with Gasteiger partial charge in [0.25, 0.3) is 0 Å². The normalized spacial score (nSPS) is 9.64. The van der Waals surface area contributed by atoms with Crippen molar-refractivity contribution < 1.29 is 9.53 Å². The predicted octanol–water partition coefficient (Wildman–Crippen LogP) is -0.308. The fraction of sp³-hybridized carbons (Fsp3) is 0.333. The molecule has 0 saturated carbocycles. The molecular formula is C6H9N3O2. The van der Waals surface area contributed by atoms with E-state index in [-0.39, 0.29) is 0 Å². The third-order valence-electron chi connectivity index (χ3n) is 1.45. The fourth-order valence-electron chi connectivity index (χ4n) is 0.734. The number of rotatable bonds is 1. The van der Waals surface area contributed by atoms with Gasteiger partial charge in [0.2, 0.25) is 0 Å². The van der Waals surface area contributed by atoms with E-state index in [0.717, 1.165) is 4.79 Å². The highest BCUT2D eigenvalue weighted by Crippen LogP contribution is 2.04. The van der Waals surface area contributed by atoms with E-state index >= 15 is 0 Å². The summed E-state index contributed by atoms with van der Waals surface area (Å²) in [7, 11) is 1.32. The molecule has 5 heteroatoms. The van der Waals surface area contributed by atoms with Gasteiger partial charge in [0.15, 0.2) is 0 Å². The number of nitrogens with two attached hydrogens (primary N) is 1. The van der Waals surface area contributed by atoms with Gasteiger partial charge < -0.3 is 10.6 Å². The van der Waals surface area contributed by atoms with Crippen molar-refractivity contribution in [2.45, 2.75) is 6.92 Å². The zero-order valence-corrected chi connectivity index (χ0v) is 6.37. The highest BCUT2D eigenvalue weighted by molar-refractivity contribution is 5.90. The first kappa shape index (κ1) is 7.59. The van der Waals surface area contributed by atoms with E-state index in [1.54, 1.807) is 6.92 Å². The highest BCUT2D eigenvalue weighted by atomic mass is 16.5. The number of nitrogen functional groups attached to an aromatic ring is 1. The van der Waals surface area contributed by atoms with Gasteiger partial charge in [-0.1, -0.05) is 0 Å². The van der Waals surface area contributed by atoms with Crippen LogP contribution >= 0.6 is 0 Å². The van der Waals surface area contributed by atoms with E-state index in [2.05, 4.69) is 9.84 Å². The molecule has 0 radical (unpaired) electrons. The van der Waals surface area contributed by atoms with Gasteiger partial charge in [-0.3, -0.25) is 0 Å². The number of esters is 1. The molecule has 0 aliphatic rings. The van der Waals surface area contributed by atoms with Crippen molar-refractivity contribution in [3.63, 3.8) is 0 Å². The molecule has 1 aromatic rings. The molecule has 0 aromatic carbocycles. The lowest BCUT2D eigenvalue weighted by atomic mass is 10.3. The van der Waals surface area contributed by atoms with Gasteiger partial charge in [-0.2, -0.15) is 9.89 Å². The Kier molecular flexibility index (Phi) is 1.80. The van der Waals surface area contributed by atoms with Crippen molar-refractivity contribution in [1.82, 2.24) is 9.89 Å². The Bertz CT molecular complexity index is 279. The van der Waals surface area contributed by atoms with Crippen molar-refractivity contribution in [3.8, 4) is 0 Å². The quantitative estimate of drug-likeness (QED) is 0.446. The van der Waals surface area contributed by atoms with Crippen LogP contribution in [0.3, 0.4) is 0 Å². The molecule has 0 saturated heterocycles. The Labute approximate surface area is 63.7 Å². The zero-order chi connectivity index (χ0) is 8.43. The van der Waals surface area contributed by atoms with Crippen LogP contribution in [0.15, 0.2) is 6.20 Å². The summed E-state index contributed by atoms with van der Waals surface area (Å²) in [5.41, 5.74) is 0.992. The summed E-state index contributed by atoms with van der Waals surface area (Å²) in [6, 6.07) is 0. The summed E-state index contributed by atoms with van der Waals surface area (Å²) < 4.78 is 4.48. The summed E-state index contributed by atoms with van der Waals surface area (Å²) in [5, 5.41) is 3.68. The Hall–Kier alpha value is -1.52. The lowest BCUT2D eigenvalue weighted by molar-refractivity contribution is 0.0600. The third kappa shape index (κ3) is 1.17. The average molecular weight is 155 g/mol.